The van der Waals surface area contributed by atoms with Gasteiger partial charge in [-0.3, -0.25) is 10.1 Å². The van der Waals surface area contributed by atoms with E-state index in [9.17, 15) is 14.9 Å². The third kappa shape index (κ3) is 5.33. The molecule has 128 valence electrons. The van der Waals surface area contributed by atoms with Gasteiger partial charge in [0, 0.05) is 18.7 Å². The van der Waals surface area contributed by atoms with Crippen LogP contribution in [0.15, 0.2) is 54.6 Å². The van der Waals surface area contributed by atoms with Crippen LogP contribution in [0.2, 0.25) is 0 Å². The fourth-order valence-corrected chi connectivity index (χ4v) is 2.13. The molecule has 6 nitrogen and oxygen atoms in total. The maximum Gasteiger partial charge on any atom is 0.338 e. The van der Waals surface area contributed by atoms with E-state index in [1.54, 1.807) is 0 Å². The van der Waals surface area contributed by atoms with Gasteiger partial charge >= 0.3 is 5.97 Å². The number of ether oxygens (including phenoxy) is 1. The number of carbonyl (C=O) groups is 1. The van der Waals surface area contributed by atoms with Gasteiger partial charge in [0.05, 0.1) is 10.5 Å². The van der Waals surface area contributed by atoms with Crippen LogP contribution in [0.5, 0.6) is 0 Å². The highest BCUT2D eigenvalue weighted by molar-refractivity contribution is 5.89. The highest BCUT2D eigenvalue weighted by atomic mass is 35.5. The lowest BCUT2D eigenvalue weighted by atomic mass is 10.1. The Balaban J connectivity index is 0.00000288. The lowest BCUT2D eigenvalue weighted by Gasteiger charge is -2.22. The summed E-state index contributed by atoms with van der Waals surface area (Å²) < 4.78 is 5.58. The number of halogens is 1. The molecule has 0 spiro atoms. The van der Waals surface area contributed by atoms with E-state index in [2.05, 4.69) is 0 Å². The average Bonchev–Trinajstić information content (AvgIpc) is 2.54. The number of carbonyl (C=O) groups excluding carboxylic acids is 1. The van der Waals surface area contributed by atoms with Gasteiger partial charge < -0.3 is 9.64 Å². The number of hydrogen-bond donors (Lipinski definition) is 0. The number of hydrogen-bond acceptors (Lipinski definition) is 5. The van der Waals surface area contributed by atoms with Crippen LogP contribution in [-0.2, 0) is 4.74 Å². The van der Waals surface area contributed by atoms with E-state index in [1.165, 1.54) is 24.3 Å². The minimum absolute atomic E-state index is 0. The van der Waals surface area contributed by atoms with Gasteiger partial charge in [-0.05, 0) is 31.8 Å². The van der Waals surface area contributed by atoms with Crippen molar-refractivity contribution in [2.75, 3.05) is 20.6 Å². The largest absolute Gasteiger partial charge is 0.453 e. The van der Waals surface area contributed by atoms with Crippen molar-refractivity contribution in [3.8, 4) is 0 Å². The molecule has 2 aromatic carbocycles. The van der Waals surface area contributed by atoms with E-state index in [0.29, 0.717) is 6.54 Å². The third-order valence-corrected chi connectivity index (χ3v) is 3.27. The fraction of sp³-hybridized carbons (Fsp3) is 0.235. The predicted molar refractivity (Wildman–Crippen MR) is 93.5 cm³/mol. The SMILES string of the molecule is CN(C)CC(OC(=O)c1ccc([N+](=O)[O-])cc1)c1ccccc1.Cl. The van der Waals surface area contributed by atoms with Crippen molar-refractivity contribution >= 4 is 24.1 Å². The third-order valence-electron chi connectivity index (χ3n) is 3.27. The van der Waals surface area contributed by atoms with Crippen molar-refractivity contribution in [2.45, 2.75) is 6.10 Å². The normalized spacial score (nSPS) is 11.5. The summed E-state index contributed by atoms with van der Waals surface area (Å²) in [5.41, 5.74) is 1.13. The Morgan fingerprint density at radius 2 is 1.71 bits per heavy atom. The van der Waals surface area contributed by atoms with Gasteiger partial charge in [-0.2, -0.15) is 0 Å². The van der Waals surface area contributed by atoms with Gasteiger partial charge in [0.1, 0.15) is 6.10 Å². The van der Waals surface area contributed by atoms with E-state index < -0.39 is 17.0 Å². The second-order valence-corrected chi connectivity index (χ2v) is 5.37. The predicted octanol–water partition coefficient (Wildman–Crippen LogP) is 3.48. The molecule has 24 heavy (non-hydrogen) atoms. The number of non-ortho nitro benzene ring substituents is 1. The summed E-state index contributed by atoms with van der Waals surface area (Å²) in [7, 11) is 3.80. The molecule has 0 amide bonds. The fourth-order valence-electron chi connectivity index (χ4n) is 2.13. The van der Waals surface area contributed by atoms with Crippen molar-refractivity contribution in [3.05, 3.63) is 75.8 Å². The van der Waals surface area contributed by atoms with Crippen LogP contribution >= 0.6 is 12.4 Å². The summed E-state index contributed by atoms with van der Waals surface area (Å²) in [6.07, 6.45) is -0.408. The summed E-state index contributed by atoms with van der Waals surface area (Å²) in [5.74, 6) is -0.504. The smallest absolute Gasteiger partial charge is 0.338 e. The monoisotopic (exact) mass is 350 g/mol. The molecule has 0 aromatic heterocycles. The zero-order valence-electron chi connectivity index (χ0n) is 13.4. The summed E-state index contributed by atoms with van der Waals surface area (Å²) in [6.45, 7) is 0.544. The number of likely N-dealkylation sites (N-methyl/N-ethyl adjacent to an activating group) is 1. The van der Waals surface area contributed by atoms with Crippen molar-refractivity contribution in [2.24, 2.45) is 0 Å². The highest BCUT2D eigenvalue weighted by Crippen LogP contribution is 2.21. The summed E-state index contributed by atoms with van der Waals surface area (Å²) >= 11 is 0. The summed E-state index contributed by atoms with van der Waals surface area (Å²) in [4.78, 5) is 24.4. The molecular weight excluding hydrogens is 332 g/mol. The number of nitro groups is 1. The molecule has 0 saturated carbocycles. The van der Waals surface area contributed by atoms with Crippen LogP contribution in [0, 0.1) is 10.1 Å². The van der Waals surface area contributed by atoms with Crippen LogP contribution in [0.1, 0.15) is 22.0 Å². The van der Waals surface area contributed by atoms with E-state index in [1.807, 2.05) is 49.3 Å². The topological polar surface area (TPSA) is 72.7 Å². The molecule has 0 heterocycles. The standard InChI is InChI=1S/C17H18N2O4.ClH/c1-18(2)12-16(13-6-4-3-5-7-13)23-17(20)14-8-10-15(11-9-14)19(21)22;/h3-11,16H,12H2,1-2H3;1H. The zero-order chi connectivity index (χ0) is 16.8. The molecule has 0 radical (unpaired) electrons. The number of nitrogens with zero attached hydrogens (tertiary/aromatic N) is 2. The first-order chi connectivity index (χ1) is 11.0. The van der Waals surface area contributed by atoms with E-state index in [-0.39, 0.29) is 23.7 Å². The first-order valence-corrected chi connectivity index (χ1v) is 7.12. The van der Waals surface area contributed by atoms with Crippen molar-refractivity contribution in [3.63, 3.8) is 0 Å². The van der Waals surface area contributed by atoms with E-state index in [4.69, 9.17) is 4.74 Å². The maximum absolute atomic E-state index is 12.3. The molecule has 1 unspecified atom stereocenters. The quantitative estimate of drug-likeness (QED) is 0.453. The Bertz CT molecular complexity index is 675. The average molecular weight is 351 g/mol. The van der Waals surface area contributed by atoms with Crippen molar-refractivity contribution in [1.82, 2.24) is 4.90 Å². The van der Waals surface area contributed by atoms with Gasteiger partial charge in [-0.25, -0.2) is 4.79 Å². The zero-order valence-corrected chi connectivity index (χ0v) is 14.2. The van der Waals surface area contributed by atoms with Gasteiger partial charge in [0.25, 0.3) is 5.69 Å². The van der Waals surface area contributed by atoms with E-state index in [0.717, 1.165) is 5.56 Å². The van der Waals surface area contributed by atoms with Crippen molar-refractivity contribution in [1.29, 1.82) is 0 Å². The first-order valence-electron chi connectivity index (χ1n) is 7.12. The molecule has 0 aliphatic heterocycles. The number of esters is 1. The molecule has 7 heteroatoms. The second kappa shape index (κ2) is 9.00. The van der Waals surface area contributed by atoms with Crippen LogP contribution in [0.4, 0.5) is 5.69 Å². The second-order valence-electron chi connectivity index (χ2n) is 5.37. The Hall–Kier alpha value is -2.44. The maximum atomic E-state index is 12.3. The van der Waals surface area contributed by atoms with Gasteiger partial charge in [0.15, 0.2) is 0 Å². The lowest BCUT2D eigenvalue weighted by Crippen LogP contribution is -2.24. The molecule has 0 fully saturated rings. The minimum Gasteiger partial charge on any atom is -0.453 e. The molecule has 0 aliphatic rings. The summed E-state index contributed by atoms with van der Waals surface area (Å²) in [5, 5.41) is 10.7. The summed E-state index contributed by atoms with van der Waals surface area (Å²) in [6, 6.07) is 14.9. The molecule has 1 atom stereocenters. The molecule has 0 saturated heterocycles. The first kappa shape index (κ1) is 19.6. The molecular formula is C17H19ClN2O4. The van der Waals surface area contributed by atoms with Crippen LogP contribution in [0.3, 0.4) is 0 Å². The van der Waals surface area contributed by atoms with Crippen LogP contribution in [-0.4, -0.2) is 36.4 Å². The number of nitro benzene ring substituents is 1. The molecule has 0 bridgehead atoms. The molecule has 2 rings (SSSR count). The van der Waals surface area contributed by atoms with Crippen molar-refractivity contribution < 1.29 is 14.5 Å². The van der Waals surface area contributed by atoms with Crippen LogP contribution in [0.25, 0.3) is 0 Å². The Kier molecular flexibility index (Phi) is 7.35. The Labute approximate surface area is 146 Å². The Morgan fingerprint density at radius 1 is 1.12 bits per heavy atom. The molecule has 0 aliphatic carbocycles. The van der Waals surface area contributed by atoms with E-state index >= 15 is 0 Å². The van der Waals surface area contributed by atoms with Gasteiger partial charge in [-0.1, -0.05) is 30.3 Å². The molecule has 0 N–H and O–H groups in total. The number of rotatable bonds is 6. The minimum atomic E-state index is -0.506. The lowest BCUT2D eigenvalue weighted by molar-refractivity contribution is -0.384. The van der Waals surface area contributed by atoms with Gasteiger partial charge in [0.2, 0.25) is 0 Å². The molecule has 2 aromatic rings. The van der Waals surface area contributed by atoms with Crippen LogP contribution < -0.4 is 0 Å². The Morgan fingerprint density at radius 3 is 2.21 bits per heavy atom. The van der Waals surface area contributed by atoms with Gasteiger partial charge in [-0.15, -0.1) is 12.4 Å². The number of benzene rings is 2. The highest BCUT2D eigenvalue weighted by Gasteiger charge is 2.19.